The van der Waals surface area contributed by atoms with E-state index in [0.717, 1.165) is 30.1 Å². The van der Waals surface area contributed by atoms with E-state index in [9.17, 15) is 0 Å². The predicted molar refractivity (Wildman–Crippen MR) is 120 cm³/mol. The summed E-state index contributed by atoms with van der Waals surface area (Å²) in [6.07, 6.45) is 1.86. The zero-order valence-corrected chi connectivity index (χ0v) is 19.0. The number of aromatic nitrogens is 1. The number of guanidine groups is 1. The number of halogens is 1. The van der Waals surface area contributed by atoms with E-state index in [-0.39, 0.29) is 24.0 Å². The van der Waals surface area contributed by atoms with Crippen LogP contribution >= 0.6 is 35.3 Å². The Morgan fingerprint density at radius 1 is 1.23 bits per heavy atom. The zero-order chi connectivity index (χ0) is 18.2. The molecule has 1 heterocycles. The van der Waals surface area contributed by atoms with Gasteiger partial charge in [0.15, 0.2) is 17.5 Å². The van der Waals surface area contributed by atoms with Crippen LogP contribution in [0.2, 0.25) is 0 Å². The molecular formula is C18H27IN4O2S. The second kappa shape index (κ2) is 11.2. The highest BCUT2D eigenvalue weighted by atomic mass is 127. The van der Waals surface area contributed by atoms with Gasteiger partial charge >= 0.3 is 0 Å². The first kappa shape index (κ1) is 22.5. The highest BCUT2D eigenvalue weighted by Gasteiger charge is 2.08. The average Bonchev–Trinajstić information content (AvgIpc) is 3.00. The molecule has 0 saturated carbocycles. The molecule has 0 radical (unpaired) electrons. The largest absolute Gasteiger partial charge is 0.493 e. The van der Waals surface area contributed by atoms with Crippen LogP contribution < -0.4 is 20.1 Å². The van der Waals surface area contributed by atoms with Crippen LogP contribution in [0.5, 0.6) is 11.5 Å². The Kier molecular flexibility index (Phi) is 9.71. The molecule has 8 heteroatoms. The molecule has 0 bridgehead atoms. The summed E-state index contributed by atoms with van der Waals surface area (Å²) in [6.45, 7) is 5.03. The Balaban J connectivity index is 0.00000338. The number of hydrogen-bond donors (Lipinski definition) is 2. The highest BCUT2D eigenvalue weighted by molar-refractivity contribution is 14.0. The number of aryl methyl sites for hydroxylation is 2. The number of nitrogens with one attached hydrogen (secondary N) is 2. The minimum absolute atomic E-state index is 0. The minimum Gasteiger partial charge on any atom is -0.493 e. The Morgan fingerprint density at radius 2 is 1.96 bits per heavy atom. The molecule has 0 saturated heterocycles. The van der Waals surface area contributed by atoms with Gasteiger partial charge in [-0.25, -0.2) is 4.98 Å². The maximum Gasteiger partial charge on any atom is 0.195 e. The third-order valence-corrected chi connectivity index (χ3v) is 4.85. The molecule has 2 rings (SSSR count). The summed E-state index contributed by atoms with van der Waals surface area (Å²) < 4.78 is 10.6. The van der Waals surface area contributed by atoms with Gasteiger partial charge < -0.3 is 20.1 Å². The molecule has 1 aromatic heterocycles. The average molecular weight is 490 g/mol. The van der Waals surface area contributed by atoms with E-state index in [1.807, 2.05) is 18.2 Å². The summed E-state index contributed by atoms with van der Waals surface area (Å²) in [4.78, 5) is 10.2. The van der Waals surface area contributed by atoms with Gasteiger partial charge in [0.25, 0.3) is 0 Å². The fourth-order valence-corrected chi connectivity index (χ4v) is 3.46. The Bertz CT molecular complexity index is 734. The smallest absolute Gasteiger partial charge is 0.195 e. The van der Waals surface area contributed by atoms with Crippen molar-refractivity contribution in [1.29, 1.82) is 0 Å². The van der Waals surface area contributed by atoms with Crippen molar-refractivity contribution in [2.75, 3.05) is 33.1 Å². The van der Waals surface area contributed by atoms with E-state index in [1.54, 1.807) is 32.6 Å². The van der Waals surface area contributed by atoms with Crippen LogP contribution in [0.1, 0.15) is 22.5 Å². The van der Waals surface area contributed by atoms with Crippen LogP contribution in [-0.2, 0) is 12.8 Å². The number of nitrogens with zero attached hydrogens (tertiary/aromatic N) is 2. The van der Waals surface area contributed by atoms with Crippen molar-refractivity contribution in [1.82, 2.24) is 10.3 Å². The highest BCUT2D eigenvalue weighted by Crippen LogP contribution is 2.29. The number of ether oxygens (including phenoxy) is 2. The lowest BCUT2D eigenvalue weighted by Gasteiger charge is -2.13. The molecule has 0 unspecified atom stereocenters. The van der Waals surface area contributed by atoms with Crippen LogP contribution in [0.15, 0.2) is 23.2 Å². The molecule has 0 atom stereocenters. The van der Waals surface area contributed by atoms with Crippen LogP contribution in [0.25, 0.3) is 0 Å². The van der Waals surface area contributed by atoms with E-state index < -0.39 is 0 Å². The Hall–Kier alpha value is -1.55. The first-order valence-corrected chi connectivity index (χ1v) is 9.07. The lowest BCUT2D eigenvalue weighted by molar-refractivity contribution is 0.355. The fraction of sp³-hybridized carbons (Fsp3) is 0.444. The number of benzene rings is 1. The second-order valence-electron chi connectivity index (χ2n) is 5.41. The summed E-state index contributed by atoms with van der Waals surface area (Å²) in [7, 11) is 4.99. The van der Waals surface area contributed by atoms with Crippen molar-refractivity contribution >= 4 is 47.0 Å². The van der Waals surface area contributed by atoms with Gasteiger partial charge in [-0.1, -0.05) is 6.92 Å². The topological polar surface area (TPSA) is 67.8 Å². The lowest BCUT2D eigenvalue weighted by atomic mass is 10.2. The first-order valence-electron chi connectivity index (χ1n) is 8.26. The number of hydrogen-bond acceptors (Lipinski definition) is 5. The molecule has 0 fully saturated rings. The van der Waals surface area contributed by atoms with E-state index in [1.165, 1.54) is 10.6 Å². The third-order valence-electron chi connectivity index (χ3n) is 3.77. The second-order valence-corrected chi connectivity index (χ2v) is 6.70. The number of rotatable bonds is 7. The lowest BCUT2D eigenvalue weighted by Crippen LogP contribution is -2.32. The predicted octanol–water partition coefficient (Wildman–Crippen LogP) is 3.88. The maximum absolute atomic E-state index is 5.32. The SMILES string of the molecule is CCc1nc(CCNC(=NC)Nc2ccc(OC)c(OC)c2)sc1C.I. The first-order chi connectivity index (χ1) is 12.1. The number of thiazole rings is 1. The van der Waals surface area contributed by atoms with Crippen molar-refractivity contribution in [2.45, 2.75) is 26.7 Å². The molecule has 2 N–H and O–H groups in total. The van der Waals surface area contributed by atoms with Crippen LogP contribution in [0.4, 0.5) is 5.69 Å². The molecule has 2 aromatic rings. The van der Waals surface area contributed by atoms with E-state index in [2.05, 4.69) is 34.5 Å². The van der Waals surface area contributed by atoms with Crippen LogP contribution in [0, 0.1) is 6.92 Å². The standard InChI is InChI=1S/C18H26N4O2S.HI/c1-6-14-12(2)25-17(22-14)9-10-20-18(19-3)21-13-7-8-15(23-4)16(11-13)24-5;/h7-8,11H,6,9-10H2,1-5H3,(H2,19,20,21);1H. The van der Waals surface area contributed by atoms with Crippen molar-refractivity contribution < 1.29 is 9.47 Å². The van der Waals surface area contributed by atoms with E-state index >= 15 is 0 Å². The van der Waals surface area contributed by atoms with Gasteiger partial charge in [0.05, 0.1) is 24.9 Å². The van der Waals surface area contributed by atoms with Crippen molar-refractivity contribution in [3.05, 3.63) is 33.8 Å². The van der Waals surface area contributed by atoms with Crippen LogP contribution in [0.3, 0.4) is 0 Å². The third kappa shape index (κ3) is 6.01. The summed E-state index contributed by atoms with van der Waals surface area (Å²) in [5.74, 6) is 2.08. The van der Waals surface area contributed by atoms with Gasteiger partial charge in [-0.05, 0) is 25.5 Å². The molecule has 0 aliphatic heterocycles. The minimum atomic E-state index is 0. The normalized spacial score (nSPS) is 10.9. The maximum atomic E-state index is 5.32. The van der Waals surface area contributed by atoms with Gasteiger partial charge in [0, 0.05) is 36.6 Å². The van der Waals surface area contributed by atoms with E-state index in [0.29, 0.717) is 17.5 Å². The Morgan fingerprint density at radius 3 is 2.54 bits per heavy atom. The number of methoxy groups -OCH3 is 2. The van der Waals surface area contributed by atoms with Crippen molar-refractivity contribution in [2.24, 2.45) is 4.99 Å². The van der Waals surface area contributed by atoms with Crippen molar-refractivity contribution in [3.8, 4) is 11.5 Å². The molecule has 144 valence electrons. The fourth-order valence-electron chi connectivity index (χ4n) is 2.44. The Labute approximate surface area is 176 Å². The molecule has 0 amide bonds. The summed E-state index contributed by atoms with van der Waals surface area (Å²) in [5.41, 5.74) is 2.08. The quantitative estimate of drug-likeness (QED) is 0.351. The summed E-state index contributed by atoms with van der Waals surface area (Å²) in [5, 5.41) is 7.72. The molecule has 0 aliphatic carbocycles. The monoisotopic (exact) mass is 490 g/mol. The van der Waals surface area contributed by atoms with Gasteiger partial charge in [-0.2, -0.15) is 0 Å². The molecule has 1 aromatic carbocycles. The van der Waals surface area contributed by atoms with Crippen molar-refractivity contribution in [3.63, 3.8) is 0 Å². The van der Waals surface area contributed by atoms with Gasteiger partial charge in [-0.15, -0.1) is 35.3 Å². The molecule has 0 aliphatic rings. The van der Waals surface area contributed by atoms with Gasteiger partial charge in [0.1, 0.15) is 0 Å². The number of aliphatic imine (C=N–C) groups is 1. The molecule has 6 nitrogen and oxygen atoms in total. The van der Waals surface area contributed by atoms with Gasteiger partial charge in [-0.3, -0.25) is 4.99 Å². The van der Waals surface area contributed by atoms with E-state index in [4.69, 9.17) is 9.47 Å². The summed E-state index contributed by atoms with van der Waals surface area (Å²) in [6, 6.07) is 5.66. The van der Waals surface area contributed by atoms with Crippen LogP contribution in [-0.4, -0.2) is 38.8 Å². The molecule has 0 spiro atoms. The zero-order valence-electron chi connectivity index (χ0n) is 15.9. The number of anilines is 1. The molecule has 26 heavy (non-hydrogen) atoms. The van der Waals surface area contributed by atoms with Gasteiger partial charge in [0.2, 0.25) is 0 Å². The summed E-state index contributed by atoms with van der Waals surface area (Å²) >= 11 is 1.77. The molecular weight excluding hydrogens is 463 g/mol.